The van der Waals surface area contributed by atoms with Gasteiger partial charge in [-0.1, -0.05) is 24.3 Å². The lowest BCUT2D eigenvalue weighted by Gasteiger charge is -2.25. The van der Waals surface area contributed by atoms with Crippen molar-refractivity contribution in [3.63, 3.8) is 0 Å². The van der Waals surface area contributed by atoms with Gasteiger partial charge in [-0.05, 0) is 30.9 Å². The van der Waals surface area contributed by atoms with Crippen LogP contribution >= 0.6 is 0 Å². The van der Waals surface area contributed by atoms with Crippen molar-refractivity contribution in [1.82, 2.24) is 20.1 Å². The molecule has 0 spiro atoms. The van der Waals surface area contributed by atoms with E-state index in [2.05, 4.69) is 20.7 Å². The molecule has 1 aromatic carbocycles. The summed E-state index contributed by atoms with van der Waals surface area (Å²) in [5.74, 6) is -1.50. The average molecular weight is 422 g/mol. The van der Waals surface area contributed by atoms with Crippen molar-refractivity contribution >= 4 is 28.6 Å². The van der Waals surface area contributed by atoms with Crippen LogP contribution in [0.15, 0.2) is 36.7 Å². The standard InChI is InChI=1S/C22H25N5O4/c1-2-27-20-17(13-25-27)19(26-16-7-9-31-10-8-16)18(12-23-20)21(28)24-11-14-3-5-15(6-4-14)22(29)30/h3-6,12-13,16H,2,7-11H2,1H3,(H,23,26)(H,24,28)(H,29,30)/p-1. The molecule has 0 radical (unpaired) electrons. The van der Waals surface area contributed by atoms with E-state index < -0.39 is 5.97 Å². The van der Waals surface area contributed by atoms with Gasteiger partial charge in [0.2, 0.25) is 0 Å². The number of aromatic carboxylic acids is 1. The fourth-order valence-corrected chi connectivity index (χ4v) is 3.67. The van der Waals surface area contributed by atoms with Crippen LogP contribution < -0.4 is 15.7 Å². The van der Waals surface area contributed by atoms with Crippen molar-refractivity contribution in [3.05, 3.63) is 53.3 Å². The second kappa shape index (κ2) is 9.13. The number of anilines is 1. The molecular weight excluding hydrogens is 398 g/mol. The maximum atomic E-state index is 13.0. The molecule has 1 aliphatic rings. The maximum absolute atomic E-state index is 13.0. The minimum atomic E-state index is -1.23. The first kappa shape index (κ1) is 20.8. The highest BCUT2D eigenvalue weighted by atomic mass is 16.5. The van der Waals surface area contributed by atoms with Crippen molar-refractivity contribution in [1.29, 1.82) is 0 Å². The van der Waals surface area contributed by atoms with E-state index >= 15 is 0 Å². The third kappa shape index (κ3) is 4.51. The molecule has 0 saturated carbocycles. The first-order chi connectivity index (χ1) is 15.1. The number of benzene rings is 1. The molecule has 31 heavy (non-hydrogen) atoms. The maximum Gasteiger partial charge on any atom is 0.255 e. The van der Waals surface area contributed by atoms with Gasteiger partial charge in [-0.15, -0.1) is 0 Å². The van der Waals surface area contributed by atoms with E-state index in [1.54, 1.807) is 29.2 Å². The Morgan fingerprint density at radius 1 is 1.19 bits per heavy atom. The predicted molar refractivity (Wildman–Crippen MR) is 113 cm³/mol. The topological polar surface area (TPSA) is 121 Å². The van der Waals surface area contributed by atoms with Gasteiger partial charge in [-0.2, -0.15) is 5.10 Å². The minimum Gasteiger partial charge on any atom is -0.545 e. The number of rotatable bonds is 7. The molecule has 9 nitrogen and oxygen atoms in total. The molecule has 9 heteroatoms. The van der Waals surface area contributed by atoms with Crippen LogP contribution in [-0.4, -0.2) is 45.9 Å². The van der Waals surface area contributed by atoms with E-state index in [4.69, 9.17) is 4.74 Å². The number of nitrogens with zero attached hydrogens (tertiary/aromatic N) is 3. The SMILES string of the molecule is CCn1ncc2c(NC3CCOCC3)c(C(=O)NCc3ccc(C(=O)[O-])cc3)cnc21. The summed E-state index contributed by atoms with van der Waals surface area (Å²) < 4.78 is 7.24. The highest BCUT2D eigenvalue weighted by Crippen LogP contribution is 2.28. The van der Waals surface area contributed by atoms with Gasteiger partial charge in [0.15, 0.2) is 5.65 Å². The number of carbonyl (C=O) groups excluding carboxylic acids is 2. The number of carboxylic acid groups (broad SMARTS) is 1. The largest absolute Gasteiger partial charge is 0.545 e. The Kier molecular flexibility index (Phi) is 6.13. The third-order valence-corrected chi connectivity index (χ3v) is 5.42. The molecule has 2 N–H and O–H groups in total. The van der Waals surface area contributed by atoms with E-state index in [0.717, 1.165) is 35.1 Å². The second-order valence-corrected chi connectivity index (χ2v) is 7.44. The van der Waals surface area contributed by atoms with Gasteiger partial charge in [-0.3, -0.25) is 4.79 Å². The lowest BCUT2D eigenvalue weighted by molar-refractivity contribution is -0.255. The number of amides is 1. The van der Waals surface area contributed by atoms with E-state index in [9.17, 15) is 14.7 Å². The van der Waals surface area contributed by atoms with Crippen LogP contribution in [0, 0.1) is 0 Å². The van der Waals surface area contributed by atoms with E-state index in [1.807, 2.05) is 6.92 Å². The molecule has 3 aromatic rings. The third-order valence-electron chi connectivity index (χ3n) is 5.42. The van der Waals surface area contributed by atoms with Crippen LogP contribution in [0.5, 0.6) is 0 Å². The Bertz CT molecular complexity index is 1090. The normalized spacial score (nSPS) is 14.5. The van der Waals surface area contributed by atoms with E-state index in [1.165, 1.54) is 12.1 Å². The first-order valence-corrected chi connectivity index (χ1v) is 10.3. The fraction of sp³-hybridized carbons (Fsp3) is 0.364. The van der Waals surface area contributed by atoms with Gasteiger partial charge in [0, 0.05) is 38.5 Å². The van der Waals surface area contributed by atoms with Gasteiger partial charge < -0.3 is 25.3 Å². The Balaban J connectivity index is 1.58. The number of carbonyl (C=O) groups is 2. The summed E-state index contributed by atoms with van der Waals surface area (Å²) in [6.07, 6.45) is 5.03. The van der Waals surface area contributed by atoms with Crippen LogP contribution in [-0.2, 0) is 17.8 Å². The number of pyridine rings is 1. The van der Waals surface area contributed by atoms with Crippen LogP contribution in [0.2, 0.25) is 0 Å². The van der Waals surface area contributed by atoms with Crippen LogP contribution in [0.25, 0.3) is 11.0 Å². The molecule has 2 aromatic heterocycles. The quantitative estimate of drug-likeness (QED) is 0.589. The van der Waals surface area contributed by atoms with Gasteiger partial charge in [-0.25, -0.2) is 9.67 Å². The molecule has 0 unspecified atom stereocenters. The average Bonchev–Trinajstić information content (AvgIpc) is 3.22. The summed E-state index contributed by atoms with van der Waals surface area (Å²) >= 11 is 0. The van der Waals surface area contributed by atoms with Gasteiger partial charge in [0.05, 0.1) is 28.8 Å². The summed E-state index contributed by atoms with van der Waals surface area (Å²) in [6.45, 7) is 4.30. The van der Waals surface area contributed by atoms with Gasteiger partial charge in [0.1, 0.15) is 0 Å². The number of hydrogen-bond donors (Lipinski definition) is 2. The molecule has 0 aliphatic carbocycles. The van der Waals surface area contributed by atoms with E-state index in [-0.39, 0.29) is 24.1 Å². The summed E-state index contributed by atoms with van der Waals surface area (Å²) in [5.41, 5.74) is 2.78. The van der Waals surface area contributed by atoms with Gasteiger partial charge in [0.25, 0.3) is 5.91 Å². The van der Waals surface area contributed by atoms with Crippen molar-refractivity contribution in [2.75, 3.05) is 18.5 Å². The molecule has 4 rings (SSSR count). The Morgan fingerprint density at radius 3 is 2.61 bits per heavy atom. The Labute approximate surface area is 179 Å². The Hall–Kier alpha value is -3.46. The second-order valence-electron chi connectivity index (χ2n) is 7.44. The zero-order chi connectivity index (χ0) is 21.8. The number of hydrogen-bond acceptors (Lipinski definition) is 7. The van der Waals surface area contributed by atoms with Crippen molar-refractivity contribution in [2.45, 2.75) is 38.9 Å². The molecule has 162 valence electrons. The molecule has 1 aliphatic heterocycles. The van der Waals surface area contributed by atoms with Crippen LogP contribution in [0.1, 0.15) is 46.0 Å². The Morgan fingerprint density at radius 2 is 1.94 bits per heavy atom. The molecule has 1 saturated heterocycles. The van der Waals surface area contributed by atoms with Crippen molar-refractivity contribution in [3.8, 4) is 0 Å². The van der Waals surface area contributed by atoms with Crippen LogP contribution in [0.4, 0.5) is 5.69 Å². The summed E-state index contributed by atoms with van der Waals surface area (Å²) in [5, 5.41) is 22.5. The number of carboxylic acids is 1. The predicted octanol–water partition coefficient (Wildman–Crippen LogP) is 1.34. The summed E-state index contributed by atoms with van der Waals surface area (Å²) in [6, 6.07) is 6.43. The number of ether oxygens (including phenoxy) is 1. The first-order valence-electron chi connectivity index (χ1n) is 10.3. The number of aromatic nitrogens is 3. The molecule has 0 atom stereocenters. The molecule has 1 fully saturated rings. The van der Waals surface area contributed by atoms with Crippen molar-refractivity contribution < 1.29 is 19.4 Å². The molecule has 1 amide bonds. The molecule has 0 bridgehead atoms. The van der Waals surface area contributed by atoms with Crippen LogP contribution in [0.3, 0.4) is 0 Å². The number of aryl methyl sites for hydroxylation is 1. The lowest BCUT2D eigenvalue weighted by atomic mass is 10.1. The lowest BCUT2D eigenvalue weighted by Crippen LogP contribution is -2.30. The number of nitrogens with one attached hydrogen (secondary N) is 2. The van der Waals surface area contributed by atoms with E-state index in [0.29, 0.717) is 25.3 Å². The number of fused-ring (bicyclic) bond motifs is 1. The van der Waals surface area contributed by atoms with Gasteiger partial charge >= 0.3 is 0 Å². The fourth-order valence-electron chi connectivity index (χ4n) is 3.67. The highest BCUT2D eigenvalue weighted by molar-refractivity contribution is 6.06. The zero-order valence-corrected chi connectivity index (χ0v) is 17.3. The summed E-state index contributed by atoms with van der Waals surface area (Å²) in [4.78, 5) is 28.4. The minimum absolute atomic E-state index is 0.0978. The summed E-state index contributed by atoms with van der Waals surface area (Å²) in [7, 11) is 0. The highest BCUT2D eigenvalue weighted by Gasteiger charge is 2.22. The molecular formula is C22H24N5O4-. The monoisotopic (exact) mass is 422 g/mol. The molecule has 3 heterocycles. The smallest absolute Gasteiger partial charge is 0.255 e. The zero-order valence-electron chi connectivity index (χ0n) is 17.3. The van der Waals surface area contributed by atoms with Crippen molar-refractivity contribution in [2.24, 2.45) is 0 Å².